The van der Waals surface area contributed by atoms with Crippen molar-refractivity contribution in [3.05, 3.63) is 17.5 Å². The number of hydrogen-bond acceptors (Lipinski definition) is 4. The van der Waals surface area contributed by atoms with E-state index in [2.05, 4.69) is 9.84 Å². The highest BCUT2D eigenvalue weighted by atomic mass is 16.6. The minimum absolute atomic E-state index is 0.102. The SMILES string of the molecule is Cc1cc(C(=O)OC=O)n(C)n1. The van der Waals surface area contributed by atoms with E-state index >= 15 is 0 Å². The fourth-order valence-electron chi connectivity index (χ4n) is 0.906. The predicted octanol–water partition coefficient (Wildman–Crippen LogP) is 0.0417. The van der Waals surface area contributed by atoms with Gasteiger partial charge >= 0.3 is 12.4 Å². The Morgan fingerprint density at radius 2 is 2.42 bits per heavy atom. The molecule has 5 nitrogen and oxygen atoms in total. The zero-order valence-corrected chi connectivity index (χ0v) is 6.77. The lowest BCUT2D eigenvalue weighted by molar-refractivity contribution is -0.123. The van der Waals surface area contributed by atoms with Crippen LogP contribution in [0, 0.1) is 6.92 Å². The van der Waals surface area contributed by atoms with Crippen LogP contribution in [0.3, 0.4) is 0 Å². The number of aryl methyl sites for hydroxylation is 2. The highest BCUT2D eigenvalue weighted by Crippen LogP contribution is 2.02. The minimum Gasteiger partial charge on any atom is -0.391 e. The molecule has 0 N–H and O–H groups in total. The maximum Gasteiger partial charge on any atom is 0.364 e. The zero-order chi connectivity index (χ0) is 9.14. The number of carbonyl (C=O) groups is 2. The van der Waals surface area contributed by atoms with Gasteiger partial charge in [-0.3, -0.25) is 9.48 Å². The van der Waals surface area contributed by atoms with E-state index in [0.29, 0.717) is 5.69 Å². The molecule has 5 heteroatoms. The molecule has 0 unspecified atom stereocenters. The third-order valence-electron chi connectivity index (χ3n) is 1.37. The van der Waals surface area contributed by atoms with E-state index in [9.17, 15) is 9.59 Å². The normalized spacial score (nSPS) is 9.50. The third kappa shape index (κ3) is 1.50. The fraction of sp³-hybridized carbons (Fsp3) is 0.286. The molecule has 0 amide bonds. The van der Waals surface area contributed by atoms with Crippen LogP contribution in [0.2, 0.25) is 0 Å². The van der Waals surface area contributed by atoms with Gasteiger partial charge in [0, 0.05) is 7.05 Å². The summed E-state index contributed by atoms with van der Waals surface area (Å²) in [6.45, 7) is 1.85. The van der Waals surface area contributed by atoms with Crippen LogP contribution in [0.25, 0.3) is 0 Å². The lowest BCUT2D eigenvalue weighted by atomic mass is 10.4. The van der Waals surface area contributed by atoms with E-state index in [1.54, 1.807) is 20.0 Å². The van der Waals surface area contributed by atoms with E-state index in [4.69, 9.17) is 0 Å². The van der Waals surface area contributed by atoms with E-state index in [0.717, 1.165) is 0 Å². The number of carbonyl (C=O) groups excluding carboxylic acids is 2. The summed E-state index contributed by atoms with van der Waals surface area (Å²) in [6.07, 6.45) is 0. The van der Waals surface area contributed by atoms with Gasteiger partial charge in [-0.25, -0.2) is 4.79 Å². The lowest BCUT2D eigenvalue weighted by Gasteiger charge is -1.95. The van der Waals surface area contributed by atoms with Crippen molar-refractivity contribution in [3.8, 4) is 0 Å². The second kappa shape index (κ2) is 3.17. The molecule has 64 valence electrons. The Hall–Kier alpha value is -1.65. The van der Waals surface area contributed by atoms with E-state index in [1.807, 2.05) is 0 Å². The molecule has 0 saturated carbocycles. The van der Waals surface area contributed by atoms with Gasteiger partial charge in [0.15, 0.2) is 0 Å². The first-order valence-corrected chi connectivity index (χ1v) is 3.30. The average Bonchev–Trinajstić information content (AvgIpc) is 2.30. The molecule has 0 spiro atoms. The summed E-state index contributed by atoms with van der Waals surface area (Å²) < 4.78 is 5.50. The number of nitrogens with zero attached hydrogens (tertiary/aromatic N) is 2. The number of hydrogen-bond donors (Lipinski definition) is 0. The smallest absolute Gasteiger partial charge is 0.364 e. The maximum absolute atomic E-state index is 11.0. The van der Waals surface area contributed by atoms with Crippen LogP contribution < -0.4 is 0 Å². The summed E-state index contributed by atoms with van der Waals surface area (Å²) in [5, 5.41) is 3.91. The van der Waals surface area contributed by atoms with Crippen LogP contribution in [0.15, 0.2) is 6.07 Å². The molecular formula is C7H8N2O3. The van der Waals surface area contributed by atoms with Crippen molar-refractivity contribution < 1.29 is 14.3 Å². The van der Waals surface area contributed by atoms with Crippen molar-refractivity contribution in [2.45, 2.75) is 6.92 Å². The van der Waals surface area contributed by atoms with Crippen molar-refractivity contribution in [2.75, 3.05) is 0 Å². The lowest BCUT2D eigenvalue weighted by Crippen LogP contribution is -2.09. The first-order chi connectivity index (χ1) is 5.65. The molecule has 1 aromatic heterocycles. The molecular weight excluding hydrogens is 160 g/mol. The molecule has 0 aliphatic carbocycles. The quantitative estimate of drug-likeness (QED) is 0.355. The first kappa shape index (κ1) is 8.45. The molecule has 0 aliphatic rings. The molecule has 12 heavy (non-hydrogen) atoms. The Labute approximate surface area is 68.9 Å². The van der Waals surface area contributed by atoms with Gasteiger partial charge in [0.25, 0.3) is 0 Å². The maximum atomic E-state index is 11.0. The Morgan fingerprint density at radius 1 is 1.75 bits per heavy atom. The van der Waals surface area contributed by atoms with E-state index < -0.39 is 5.97 Å². The van der Waals surface area contributed by atoms with E-state index in [1.165, 1.54) is 4.68 Å². The van der Waals surface area contributed by atoms with Crippen LogP contribution in [-0.4, -0.2) is 22.2 Å². The molecule has 0 radical (unpaired) electrons. The molecule has 1 aromatic rings. The van der Waals surface area contributed by atoms with Crippen molar-refractivity contribution in [1.82, 2.24) is 9.78 Å². The van der Waals surface area contributed by atoms with Crippen LogP contribution in [0.5, 0.6) is 0 Å². The molecule has 0 aliphatic heterocycles. The van der Waals surface area contributed by atoms with Crippen LogP contribution in [0.4, 0.5) is 0 Å². The molecule has 0 aromatic carbocycles. The van der Waals surface area contributed by atoms with Gasteiger partial charge < -0.3 is 4.74 Å². The van der Waals surface area contributed by atoms with Crippen molar-refractivity contribution in [1.29, 1.82) is 0 Å². The van der Waals surface area contributed by atoms with Crippen molar-refractivity contribution in [2.24, 2.45) is 7.05 Å². The topological polar surface area (TPSA) is 61.2 Å². The molecule has 0 fully saturated rings. The summed E-state index contributed by atoms with van der Waals surface area (Å²) in [5.74, 6) is -0.687. The predicted molar refractivity (Wildman–Crippen MR) is 39.4 cm³/mol. The number of rotatable bonds is 2. The number of ether oxygens (including phenoxy) is 1. The Bertz CT molecular complexity index is 316. The molecule has 1 heterocycles. The molecule has 0 bridgehead atoms. The van der Waals surface area contributed by atoms with Gasteiger partial charge in [-0.1, -0.05) is 0 Å². The summed E-state index contributed by atoms with van der Waals surface area (Å²) in [5.41, 5.74) is 0.968. The van der Waals surface area contributed by atoms with Gasteiger partial charge in [-0.15, -0.1) is 0 Å². The van der Waals surface area contributed by atoms with Gasteiger partial charge in [0.2, 0.25) is 0 Å². The minimum atomic E-state index is -0.687. The Kier molecular flexibility index (Phi) is 2.23. The fourth-order valence-corrected chi connectivity index (χ4v) is 0.906. The van der Waals surface area contributed by atoms with Crippen LogP contribution in [0.1, 0.15) is 16.2 Å². The highest BCUT2D eigenvalue weighted by molar-refractivity contribution is 5.91. The molecule has 0 saturated heterocycles. The Balaban J connectivity index is 2.94. The molecule has 0 atom stereocenters. The number of aromatic nitrogens is 2. The van der Waals surface area contributed by atoms with Crippen molar-refractivity contribution >= 4 is 12.4 Å². The number of esters is 1. The average molecular weight is 168 g/mol. The van der Waals surface area contributed by atoms with E-state index in [-0.39, 0.29) is 12.2 Å². The summed E-state index contributed by atoms with van der Waals surface area (Å²) in [6, 6.07) is 1.55. The largest absolute Gasteiger partial charge is 0.391 e. The standard InChI is InChI=1S/C7H8N2O3/c1-5-3-6(9(2)8-5)7(11)12-4-10/h3-4H,1-2H3. The summed E-state index contributed by atoms with van der Waals surface area (Å²) in [4.78, 5) is 20.8. The molecule has 1 rings (SSSR count). The van der Waals surface area contributed by atoms with Crippen LogP contribution in [-0.2, 0) is 16.6 Å². The highest BCUT2D eigenvalue weighted by Gasteiger charge is 2.12. The second-order valence-electron chi connectivity index (χ2n) is 2.30. The first-order valence-electron chi connectivity index (χ1n) is 3.30. The zero-order valence-electron chi connectivity index (χ0n) is 6.77. The van der Waals surface area contributed by atoms with Crippen LogP contribution >= 0.6 is 0 Å². The summed E-state index contributed by atoms with van der Waals surface area (Å²) >= 11 is 0. The van der Waals surface area contributed by atoms with Gasteiger partial charge in [-0.2, -0.15) is 5.10 Å². The van der Waals surface area contributed by atoms with Gasteiger partial charge in [-0.05, 0) is 13.0 Å². The van der Waals surface area contributed by atoms with Crippen molar-refractivity contribution in [3.63, 3.8) is 0 Å². The van der Waals surface area contributed by atoms with Gasteiger partial charge in [0.1, 0.15) is 5.69 Å². The van der Waals surface area contributed by atoms with Gasteiger partial charge in [0.05, 0.1) is 5.69 Å². The summed E-state index contributed by atoms with van der Waals surface area (Å²) in [7, 11) is 1.61. The second-order valence-corrected chi connectivity index (χ2v) is 2.30. The Morgan fingerprint density at radius 3 is 2.83 bits per heavy atom. The third-order valence-corrected chi connectivity index (χ3v) is 1.37. The monoisotopic (exact) mass is 168 g/mol.